The standard InChI is InChI=1S/C17H17ClN4OS2/c1-3-22-16(12-8-11(2)24-9-12)20-21-17(22)25-10-15(23)19-14-7-5-4-6-13(14)18/h4-9H,3,10H2,1-2H3,(H,19,23). The Balaban J connectivity index is 1.68. The van der Waals surface area contributed by atoms with Crippen LogP contribution in [-0.4, -0.2) is 26.4 Å². The number of aromatic nitrogens is 3. The van der Waals surface area contributed by atoms with Gasteiger partial charge in [-0.15, -0.1) is 21.5 Å². The molecule has 0 atom stereocenters. The number of thiophene rings is 1. The van der Waals surface area contributed by atoms with Crippen LogP contribution >= 0.6 is 34.7 Å². The van der Waals surface area contributed by atoms with E-state index in [1.54, 1.807) is 23.5 Å². The van der Waals surface area contributed by atoms with E-state index in [0.29, 0.717) is 10.7 Å². The number of hydrogen-bond donors (Lipinski definition) is 1. The molecule has 0 aliphatic heterocycles. The molecule has 1 amide bonds. The first-order valence-corrected chi connectivity index (χ1v) is 9.98. The summed E-state index contributed by atoms with van der Waals surface area (Å²) < 4.78 is 2.02. The number of carbonyl (C=O) groups is 1. The highest BCUT2D eigenvalue weighted by atomic mass is 35.5. The van der Waals surface area contributed by atoms with Gasteiger partial charge in [0.25, 0.3) is 0 Å². The van der Waals surface area contributed by atoms with E-state index in [4.69, 9.17) is 11.6 Å². The van der Waals surface area contributed by atoms with Crippen LogP contribution in [0.15, 0.2) is 40.9 Å². The van der Waals surface area contributed by atoms with E-state index in [-0.39, 0.29) is 11.7 Å². The average Bonchev–Trinajstić information content (AvgIpc) is 3.20. The normalized spacial score (nSPS) is 10.8. The van der Waals surface area contributed by atoms with Crippen molar-refractivity contribution in [3.63, 3.8) is 0 Å². The molecule has 0 bridgehead atoms. The van der Waals surface area contributed by atoms with Gasteiger partial charge in [-0.1, -0.05) is 35.5 Å². The molecule has 130 valence electrons. The maximum absolute atomic E-state index is 12.2. The number of carbonyl (C=O) groups excluding carboxylic acids is 1. The quantitative estimate of drug-likeness (QED) is 0.616. The van der Waals surface area contributed by atoms with Crippen LogP contribution in [0.1, 0.15) is 11.8 Å². The van der Waals surface area contributed by atoms with Crippen LogP contribution in [0.3, 0.4) is 0 Å². The molecule has 8 heteroatoms. The molecule has 2 aromatic heterocycles. The molecule has 0 unspecified atom stereocenters. The molecule has 0 radical (unpaired) electrons. The van der Waals surface area contributed by atoms with Gasteiger partial charge in [0.05, 0.1) is 16.5 Å². The average molecular weight is 393 g/mol. The first-order chi connectivity index (χ1) is 12.1. The van der Waals surface area contributed by atoms with Crippen molar-refractivity contribution in [2.24, 2.45) is 0 Å². The van der Waals surface area contributed by atoms with Gasteiger partial charge in [-0.2, -0.15) is 0 Å². The molecule has 0 aliphatic rings. The molecular weight excluding hydrogens is 376 g/mol. The summed E-state index contributed by atoms with van der Waals surface area (Å²) in [6.45, 7) is 4.85. The number of rotatable bonds is 6. The van der Waals surface area contributed by atoms with Gasteiger partial charge in [0.2, 0.25) is 5.91 Å². The Bertz CT molecular complexity index is 890. The Kier molecular flexibility index (Phi) is 5.78. The molecule has 0 aliphatic carbocycles. The van der Waals surface area contributed by atoms with Gasteiger partial charge in [-0.25, -0.2) is 0 Å². The summed E-state index contributed by atoms with van der Waals surface area (Å²) in [6, 6.07) is 9.27. The van der Waals surface area contributed by atoms with Crippen molar-refractivity contribution < 1.29 is 4.79 Å². The van der Waals surface area contributed by atoms with Gasteiger partial charge in [0, 0.05) is 22.4 Å². The fraction of sp³-hybridized carbons (Fsp3) is 0.235. The van der Waals surface area contributed by atoms with E-state index in [2.05, 4.69) is 33.9 Å². The minimum atomic E-state index is -0.128. The summed E-state index contributed by atoms with van der Waals surface area (Å²) >= 11 is 9.11. The second-order valence-electron chi connectivity index (χ2n) is 5.31. The predicted octanol–water partition coefficient (Wildman–Crippen LogP) is 4.72. The zero-order chi connectivity index (χ0) is 17.8. The smallest absolute Gasteiger partial charge is 0.234 e. The number of aryl methyl sites for hydroxylation is 1. The minimum absolute atomic E-state index is 0.128. The molecule has 5 nitrogen and oxygen atoms in total. The number of benzene rings is 1. The van der Waals surface area contributed by atoms with Crippen molar-refractivity contribution in [2.75, 3.05) is 11.1 Å². The third-order valence-electron chi connectivity index (χ3n) is 3.50. The SMILES string of the molecule is CCn1c(SCC(=O)Nc2ccccc2Cl)nnc1-c1csc(C)c1. The Morgan fingerprint density at radius 1 is 1.36 bits per heavy atom. The molecule has 1 N–H and O–H groups in total. The van der Waals surface area contributed by atoms with Crippen molar-refractivity contribution in [1.29, 1.82) is 0 Å². The fourth-order valence-electron chi connectivity index (χ4n) is 2.33. The third kappa shape index (κ3) is 4.23. The largest absolute Gasteiger partial charge is 0.324 e. The van der Waals surface area contributed by atoms with E-state index in [1.807, 2.05) is 23.6 Å². The fourth-order valence-corrected chi connectivity index (χ4v) is 4.00. The van der Waals surface area contributed by atoms with Crippen LogP contribution in [0.25, 0.3) is 11.4 Å². The number of nitrogens with one attached hydrogen (secondary N) is 1. The third-order valence-corrected chi connectivity index (χ3v) is 5.66. The number of hydrogen-bond acceptors (Lipinski definition) is 5. The number of thioether (sulfide) groups is 1. The predicted molar refractivity (Wildman–Crippen MR) is 105 cm³/mol. The highest BCUT2D eigenvalue weighted by Gasteiger charge is 2.15. The lowest BCUT2D eigenvalue weighted by Gasteiger charge is -2.08. The molecule has 2 heterocycles. The number of anilines is 1. The van der Waals surface area contributed by atoms with Crippen molar-refractivity contribution in [3.8, 4) is 11.4 Å². The zero-order valence-corrected chi connectivity index (χ0v) is 16.2. The second kappa shape index (κ2) is 8.03. The van der Waals surface area contributed by atoms with E-state index in [0.717, 1.165) is 23.1 Å². The van der Waals surface area contributed by atoms with Gasteiger partial charge < -0.3 is 9.88 Å². The Morgan fingerprint density at radius 3 is 2.84 bits per heavy atom. The molecule has 3 rings (SSSR count). The van der Waals surface area contributed by atoms with Crippen LogP contribution in [0.2, 0.25) is 5.02 Å². The molecule has 1 aromatic carbocycles. The van der Waals surface area contributed by atoms with Crippen molar-refractivity contribution in [2.45, 2.75) is 25.5 Å². The number of para-hydroxylation sites is 1. The van der Waals surface area contributed by atoms with Crippen molar-refractivity contribution in [1.82, 2.24) is 14.8 Å². The summed E-state index contributed by atoms with van der Waals surface area (Å²) in [4.78, 5) is 13.4. The lowest BCUT2D eigenvalue weighted by atomic mass is 10.3. The van der Waals surface area contributed by atoms with Crippen molar-refractivity contribution in [3.05, 3.63) is 45.6 Å². The lowest BCUT2D eigenvalue weighted by Crippen LogP contribution is -2.14. The molecule has 0 spiro atoms. The van der Waals surface area contributed by atoms with Gasteiger partial charge in [-0.3, -0.25) is 4.79 Å². The first-order valence-electron chi connectivity index (χ1n) is 7.74. The van der Waals surface area contributed by atoms with Gasteiger partial charge in [-0.05, 0) is 32.0 Å². The summed E-state index contributed by atoms with van der Waals surface area (Å²) in [5.41, 5.74) is 1.67. The topological polar surface area (TPSA) is 59.8 Å². The minimum Gasteiger partial charge on any atom is -0.324 e. The monoisotopic (exact) mass is 392 g/mol. The summed E-state index contributed by atoms with van der Waals surface area (Å²) in [5.74, 6) is 0.948. The highest BCUT2D eigenvalue weighted by molar-refractivity contribution is 7.99. The summed E-state index contributed by atoms with van der Waals surface area (Å²) in [7, 11) is 0. The maximum atomic E-state index is 12.2. The molecular formula is C17H17ClN4OS2. The highest BCUT2D eigenvalue weighted by Crippen LogP contribution is 2.27. The van der Waals surface area contributed by atoms with Crippen LogP contribution in [-0.2, 0) is 11.3 Å². The Labute approximate surface area is 159 Å². The van der Waals surface area contributed by atoms with Crippen LogP contribution in [0.4, 0.5) is 5.69 Å². The molecule has 0 saturated carbocycles. The lowest BCUT2D eigenvalue weighted by molar-refractivity contribution is -0.113. The maximum Gasteiger partial charge on any atom is 0.234 e. The van der Waals surface area contributed by atoms with Crippen LogP contribution in [0, 0.1) is 6.92 Å². The zero-order valence-electron chi connectivity index (χ0n) is 13.8. The van der Waals surface area contributed by atoms with E-state index >= 15 is 0 Å². The van der Waals surface area contributed by atoms with Gasteiger partial charge in [0.15, 0.2) is 11.0 Å². The molecule has 3 aromatic rings. The molecule has 0 saturated heterocycles. The Morgan fingerprint density at radius 2 is 2.16 bits per heavy atom. The van der Waals surface area contributed by atoms with Gasteiger partial charge in [0.1, 0.15) is 0 Å². The molecule has 0 fully saturated rings. The number of halogens is 1. The summed E-state index contributed by atoms with van der Waals surface area (Å²) in [6.07, 6.45) is 0. The van der Waals surface area contributed by atoms with E-state index < -0.39 is 0 Å². The first kappa shape index (κ1) is 18.0. The number of nitrogens with zero attached hydrogens (tertiary/aromatic N) is 3. The Hall–Kier alpha value is -1.83. The van der Waals surface area contributed by atoms with Crippen molar-refractivity contribution >= 4 is 46.3 Å². The summed E-state index contributed by atoms with van der Waals surface area (Å²) in [5, 5.41) is 14.7. The van der Waals surface area contributed by atoms with E-state index in [1.165, 1.54) is 16.6 Å². The van der Waals surface area contributed by atoms with Gasteiger partial charge >= 0.3 is 0 Å². The molecule has 25 heavy (non-hydrogen) atoms. The second-order valence-corrected chi connectivity index (χ2v) is 7.78. The number of amides is 1. The van der Waals surface area contributed by atoms with Crippen LogP contribution in [0.5, 0.6) is 0 Å². The van der Waals surface area contributed by atoms with Crippen LogP contribution < -0.4 is 5.32 Å². The van der Waals surface area contributed by atoms with E-state index in [9.17, 15) is 4.79 Å².